The Balaban J connectivity index is 2.10. The molecule has 0 bridgehead atoms. The largest absolute Gasteiger partial charge is 0.493 e. The van der Waals surface area contributed by atoms with Crippen molar-refractivity contribution < 1.29 is 32.3 Å². The number of methoxy groups -OCH3 is 1. The SMILES string of the molecule is CCOc1cc([C@@H](CS(C)(=O)=O)N2C(=O)c3cccc(CCC(C)=O)c3C2=O)ccc1OC. The molecule has 1 atom stereocenters. The molecule has 2 aromatic carbocycles. The number of sulfone groups is 1. The number of imide groups is 1. The number of rotatable bonds is 10. The highest BCUT2D eigenvalue weighted by molar-refractivity contribution is 7.90. The second-order valence-electron chi connectivity index (χ2n) is 7.97. The van der Waals surface area contributed by atoms with Crippen molar-refractivity contribution in [3.63, 3.8) is 0 Å². The lowest BCUT2D eigenvalue weighted by atomic mass is 9.98. The van der Waals surface area contributed by atoms with Crippen molar-refractivity contribution in [2.24, 2.45) is 0 Å². The Hall–Kier alpha value is -3.20. The van der Waals surface area contributed by atoms with Crippen molar-refractivity contribution in [1.29, 1.82) is 0 Å². The first-order chi connectivity index (χ1) is 15.6. The quantitative estimate of drug-likeness (QED) is 0.488. The van der Waals surface area contributed by atoms with Crippen LogP contribution in [-0.4, -0.2) is 56.6 Å². The van der Waals surface area contributed by atoms with Crippen LogP contribution in [0.15, 0.2) is 36.4 Å². The van der Waals surface area contributed by atoms with Gasteiger partial charge in [0.2, 0.25) is 0 Å². The summed E-state index contributed by atoms with van der Waals surface area (Å²) in [5.74, 6) is -0.780. The first-order valence-electron chi connectivity index (χ1n) is 10.5. The molecule has 3 rings (SSSR count). The average molecular weight is 474 g/mol. The van der Waals surface area contributed by atoms with E-state index >= 15 is 0 Å². The van der Waals surface area contributed by atoms with Gasteiger partial charge in [-0.3, -0.25) is 14.5 Å². The number of ether oxygens (including phenoxy) is 2. The smallest absolute Gasteiger partial charge is 0.262 e. The maximum atomic E-state index is 13.5. The number of ketones is 1. The van der Waals surface area contributed by atoms with Crippen molar-refractivity contribution in [2.45, 2.75) is 32.7 Å². The van der Waals surface area contributed by atoms with Crippen LogP contribution < -0.4 is 9.47 Å². The summed E-state index contributed by atoms with van der Waals surface area (Å²) < 4.78 is 35.5. The van der Waals surface area contributed by atoms with Crippen LogP contribution in [0.2, 0.25) is 0 Å². The molecule has 1 aliphatic heterocycles. The minimum absolute atomic E-state index is 0.0297. The number of benzene rings is 2. The topological polar surface area (TPSA) is 107 Å². The van der Waals surface area contributed by atoms with Crippen molar-refractivity contribution in [3.05, 3.63) is 58.7 Å². The number of aryl methyl sites for hydroxylation is 1. The fourth-order valence-corrected chi connectivity index (χ4v) is 4.87. The minimum Gasteiger partial charge on any atom is -0.493 e. The van der Waals surface area contributed by atoms with Gasteiger partial charge in [-0.25, -0.2) is 8.42 Å². The third kappa shape index (κ3) is 5.24. The number of carbonyl (C=O) groups is 3. The van der Waals surface area contributed by atoms with E-state index in [4.69, 9.17) is 9.47 Å². The van der Waals surface area contributed by atoms with Crippen molar-refractivity contribution in [3.8, 4) is 11.5 Å². The fraction of sp³-hybridized carbons (Fsp3) is 0.375. The van der Waals surface area contributed by atoms with E-state index in [1.165, 1.54) is 14.0 Å². The highest BCUT2D eigenvalue weighted by Gasteiger charge is 2.43. The van der Waals surface area contributed by atoms with Gasteiger partial charge >= 0.3 is 0 Å². The maximum absolute atomic E-state index is 13.5. The highest BCUT2D eigenvalue weighted by atomic mass is 32.2. The van der Waals surface area contributed by atoms with Crippen LogP contribution in [0.25, 0.3) is 0 Å². The van der Waals surface area contributed by atoms with E-state index in [-0.39, 0.29) is 23.3 Å². The molecule has 0 saturated heterocycles. The second-order valence-corrected chi connectivity index (χ2v) is 10.2. The van der Waals surface area contributed by atoms with E-state index in [0.717, 1.165) is 11.2 Å². The van der Waals surface area contributed by atoms with Gasteiger partial charge in [-0.1, -0.05) is 18.2 Å². The molecule has 176 valence electrons. The van der Waals surface area contributed by atoms with Gasteiger partial charge in [-0.2, -0.15) is 0 Å². The minimum atomic E-state index is -3.58. The molecule has 9 heteroatoms. The van der Waals surface area contributed by atoms with Crippen LogP contribution in [0.4, 0.5) is 0 Å². The zero-order chi connectivity index (χ0) is 24.3. The lowest BCUT2D eigenvalue weighted by Gasteiger charge is -2.27. The lowest BCUT2D eigenvalue weighted by molar-refractivity contribution is -0.117. The van der Waals surface area contributed by atoms with Gasteiger partial charge in [0.1, 0.15) is 15.6 Å². The summed E-state index contributed by atoms with van der Waals surface area (Å²) in [4.78, 5) is 39.3. The molecule has 1 heterocycles. The fourth-order valence-electron chi connectivity index (χ4n) is 3.95. The Morgan fingerprint density at radius 1 is 1.09 bits per heavy atom. The maximum Gasteiger partial charge on any atom is 0.262 e. The summed E-state index contributed by atoms with van der Waals surface area (Å²) in [5, 5.41) is 0. The Labute approximate surface area is 193 Å². The van der Waals surface area contributed by atoms with E-state index < -0.39 is 33.4 Å². The Bertz CT molecular complexity index is 1200. The molecule has 0 fully saturated rings. The van der Waals surface area contributed by atoms with Gasteiger partial charge in [0.15, 0.2) is 11.5 Å². The molecule has 8 nitrogen and oxygen atoms in total. The van der Waals surface area contributed by atoms with E-state index in [1.54, 1.807) is 43.3 Å². The van der Waals surface area contributed by atoms with Gasteiger partial charge in [0.05, 0.1) is 36.6 Å². The molecule has 1 aliphatic rings. The predicted octanol–water partition coefficient (Wildman–Crippen LogP) is 3.00. The van der Waals surface area contributed by atoms with E-state index in [1.807, 2.05) is 0 Å². The number of fused-ring (bicyclic) bond motifs is 1. The van der Waals surface area contributed by atoms with Crippen molar-refractivity contribution in [2.75, 3.05) is 25.7 Å². The first-order valence-corrected chi connectivity index (χ1v) is 12.6. The molecule has 0 unspecified atom stereocenters. The molecule has 0 saturated carbocycles. The van der Waals surface area contributed by atoms with Crippen LogP contribution in [0.1, 0.15) is 58.2 Å². The van der Waals surface area contributed by atoms with Gasteiger partial charge in [-0.05, 0) is 49.6 Å². The van der Waals surface area contributed by atoms with Gasteiger partial charge in [-0.15, -0.1) is 0 Å². The number of amides is 2. The van der Waals surface area contributed by atoms with E-state index in [0.29, 0.717) is 35.7 Å². The number of hydrogen-bond donors (Lipinski definition) is 0. The Morgan fingerprint density at radius 3 is 2.42 bits per heavy atom. The number of nitrogens with zero attached hydrogens (tertiary/aromatic N) is 1. The summed E-state index contributed by atoms with van der Waals surface area (Å²) >= 11 is 0. The van der Waals surface area contributed by atoms with Crippen LogP contribution in [0, 0.1) is 0 Å². The zero-order valence-electron chi connectivity index (χ0n) is 19.1. The Morgan fingerprint density at radius 2 is 1.82 bits per heavy atom. The molecule has 2 aromatic rings. The third-order valence-electron chi connectivity index (χ3n) is 5.42. The molecule has 33 heavy (non-hydrogen) atoms. The zero-order valence-corrected chi connectivity index (χ0v) is 19.9. The molecule has 0 radical (unpaired) electrons. The van der Waals surface area contributed by atoms with Gasteiger partial charge < -0.3 is 14.3 Å². The summed E-state index contributed by atoms with van der Waals surface area (Å²) in [6.45, 7) is 3.61. The van der Waals surface area contributed by atoms with Crippen molar-refractivity contribution >= 4 is 27.4 Å². The van der Waals surface area contributed by atoms with Crippen LogP contribution in [0.3, 0.4) is 0 Å². The van der Waals surface area contributed by atoms with E-state index in [9.17, 15) is 22.8 Å². The normalized spacial score (nSPS) is 14.2. The standard InChI is InChI=1S/C24H27NO7S/c1-5-32-21-13-17(11-12-20(21)31-3)19(14-33(4,29)30)25-23(27)18-8-6-7-16(10-9-15(2)26)22(18)24(25)28/h6-8,11-13,19H,5,9-10,14H2,1-4H3/t19-/m1/s1. The molecule has 2 amide bonds. The van der Waals surface area contributed by atoms with Gasteiger partial charge in [0, 0.05) is 12.7 Å². The third-order valence-corrected chi connectivity index (χ3v) is 6.34. The van der Waals surface area contributed by atoms with Crippen molar-refractivity contribution in [1.82, 2.24) is 4.90 Å². The number of hydrogen-bond acceptors (Lipinski definition) is 7. The lowest BCUT2D eigenvalue weighted by Crippen LogP contribution is -2.37. The molecule has 0 aliphatic carbocycles. The number of carbonyl (C=O) groups excluding carboxylic acids is 3. The first kappa shape index (κ1) is 24.4. The van der Waals surface area contributed by atoms with E-state index in [2.05, 4.69) is 0 Å². The monoisotopic (exact) mass is 473 g/mol. The average Bonchev–Trinajstić information content (AvgIpc) is 3.01. The van der Waals surface area contributed by atoms with Crippen LogP contribution >= 0.6 is 0 Å². The van der Waals surface area contributed by atoms with Crippen LogP contribution in [0.5, 0.6) is 11.5 Å². The summed E-state index contributed by atoms with van der Waals surface area (Å²) in [6.07, 6.45) is 1.61. The predicted molar refractivity (Wildman–Crippen MR) is 123 cm³/mol. The summed E-state index contributed by atoms with van der Waals surface area (Å²) in [5.41, 5.74) is 1.45. The van der Waals surface area contributed by atoms with Crippen LogP contribution in [-0.2, 0) is 21.1 Å². The Kier molecular flexibility index (Phi) is 7.22. The molecule has 0 aromatic heterocycles. The van der Waals surface area contributed by atoms with Gasteiger partial charge in [0.25, 0.3) is 11.8 Å². The molecule has 0 N–H and O–H groups in total. The summed E-state index contributed by atoms with van der Waals surface area (Å²) in [6, 6.07) is 8.70. The molecule has 0 spiro atoms. The highest BCUT2D eigenvalue weighted by Crippen LogP contribution is 2.37. The molecular formula is C24H27NO7S. The summed E-state index contributed by atoms with van der Waals surface area (Å²) in [7, 11) is -2.09. The number of Topliss-reactive ketones (excluding diaryl/α,β-unsaturated/α-hetero) is 1. The molecular weight excluding hydrogens is 446 g/mol. The second kappa shape index (κ2) is 9.74.